The third kappa shape index (κ3) is 5.12. The van der Waals surface area contributed by atoms with Crippen LogP contribution in [0.1, 0.15) is 35.7 Å². The predicted octanol–water partition coefficient (Wildman–Crippen LogP) is 3.15. The molecule has 126 valence electrons. The summed E-state index contributed by atoms with van der Waals surface area (Å²) in [5.74, 6) is 0.0603. The first-order valence-electron chi connectivity index (χ1n) is 8.00. The third-order valence-corrected chi connectivity index (χ3v) is 3.62. The number of para-hydroxylation sites is 1. The van der Waals surface area contributed by atoms with Gasteiger partial charge in [0.15, 0.2) is 0 Å². The molecule has 0 aromatic heterocycles. The van der Waals surface area contributed by atoms with E-state index in [2.05, 4.69) is 12.2 Å². The van der Waals surface area contributed by atoms with Gasteiger partial charge >= 0.3 is 0 Å². The van der Waals surface area contributed by atoms with Gasteiger partial charge in [0.2, 0.25) is 5.91 Å². The van der Waals surface area contributed by atoms with Crippen molar-refractivity contribution in [1.82, 2.24) is 0 Å². The maximum atomic E-state index is 12.0. The highest BCUT2D eigenvalue weighted by atomic mass is 16.5. The Morgan fingerprint density at radius 2 is 1.79 bits per heavy atom. The fraction of sp³-hybridized carbons (Fsp3) is 0.263. The molecule has 0 aliphatic heterocycles. The van der Waals surface area contributed by atoms with E-state index in [9.17, 15) is 9.59 Å². The Labute approximate surface area is 141 Å². The molecule has 0 radical (unpaired) electrons. The van der Waals surface area contributed by atoms with Crippen LogP contribution in [0.5, 0.6) is 5.75 Å². The highest BCUT2D eigenvalue weighted by molar-refractivity contribution is 6.02. The molecule has 0 saturated carbocycles. The summed E-state index contributed by atoms with van der Waals surface area (Å²) in [5.41, 5.74) is 7.29. The molecule has 0 atom stereocenters. The average molecular weight is 326 g/mol. The van der Waals surface area contributed by atoms with E-state index in [1.807, 2.05) is 24.3 Å². The zero-order chi connectivity index (χ0) is 17.4. The van der Waals surface area contributed by atoms with Crippen LogP contribution in [-0.4, -0.2) is 18.4 Å². The molecule has 0 aliphatic rings. The molecular formula is C19H22N2O3. The van der Waals surface area contributed by atoms with Gasteiger partial charge in [-0.3, -0.25) is 9.59 Å². The lowest BCUT2D eigenvalue weighted by atomic mass is 10.1. The molecule has 0 spiro atoms. The molecule has 2 aromatic carbocycles. The van der Waals surface area contributed by atoms with Crippen LogP contribution in [0, 0.1) is 0 Å². The van der Waals surface area contributed by atoms with Crippen molar-refractivity contribution < 1.29 is 14.3 Å². The maximum absolute atomic E-state index is 12.0. The van der Waals surface area contributed by atoms with E-state index in [4.69, 9.17) is 10.5 Å². The van der Waals surface area contributed by atoms with E-state index in [0.717, 1.165) is 12.2 Å². The van der Waals surface area contributed by atoms with Crippen molar-refractivity contribution in [2.45, 2.75) is 26.2 Å². The van der Waals surface area contributed by atoms with Gasteiger partial charge in [0, 0.05) is 6.42 Å². The first-order valence-corrected chi connectivity index (χ1v) is 8.00. The molecule has 0 aliphatic carbocycles. The molecule has 2 aromatic rings. The molecule has 0 fully saturated rings. The van der Waals surface area contributed by atoms with Crippen molar-refractivity contribution >= 4 is 17.5 Å². The van der Waals surface area contributed by atoms with Crippen LogP contribution in [0.15, 0.2) is 48.5 Å². The van der Waals surface area contributed by atoms with Crippen LogP contribution in [0.3, 0.4) is 0 Å². The van der Waals surface area contributed by atoms with E-state index in [0.29, 0.717) is 30.7 Å². The molecule has 0 saturated heterocycles. The predicted molar refractivity (Wildman–Crippen MR) is 94.1 cm³/mol. The summed E-state index contributed by atoms with van der Waals surface area (Å²) in [5, 5.41) is 2.71. The van der Waals surface area contributed by atoms with Gasteiger partial charge in [-0.15, -0.1) is 0 Å². The fourth-order valence-corrected chi connectivity index (χ4v) is 2.26. The molecule has 5 heteroatoms. The number of aryl methyl sites for hydroxylation is 1. The highest BCUT2D eigenvalue weighted by Crippen LogP contribution is 2.15. The Morgan fingerprint density at radius 3 is 2.46 bits per heavy atom. The zero-order valence-electron chi connectivity index (χ0n) is 13.7. The summed E-state index contributed by atoms with van der Waals surface area (Å²) in [6.07, 6.45) is 1.88. The van der Waals surface area contributed by atoms with Crippen LogP contribution >= 0.6 is 0 Å². The van der Waals surface area contributed by atoms with E-state index in [1.54, 1.807) is 24.3 Å². The summed E-state index contributed by atoms with van der Waals surface area (Å²) in [4.78, 5) is 23.3. The van der Waals surface area contributed by atoms with Gasteiger partial charge in [0.1, 0.15) is 5.75 Å². The number of amides is 2. The number of carbonyl (C=O) groups is 2. The molecule has 0 heterocycles. The smallest absolute Gasteiger partial charge is 0.250 e. The number of nitrogens with one attached hydrogen (secondary N) is 1. The van der Waals surface area contributed by atoms with Crippen molar-refractivity contribution in [2.24, 2.45) is 5.73 Å². The molecule has 2 rings (SSSR count). The number of benzene rings is 2. The van der Waals surface area contributed by atoms with E-state index in [1.165, 1.54) is 5.56 Å². The van der Waals surface area contributed by atoms with Gasteiger partial charge in [0.25, 0.3) is 5.91 Å². The molecular weight excluding hydrogens is 304 g/mol. The standard InChI is InChI=1S/C19H22N2O3/c1-2-14-9-11-15(12-10-14)24-13-5-8-18(22)21-17-7-4-3-6-16(17)19(20)23/h3-4,6-7,9-12H,2,5,8,13H2,1H3,(H2,20,23)(H,21,22). The Kier molecular flexibility index (Phi) is 6.37. The summed E-state index contributed by atoms with van der Waals surface area (Å²) in [7, 11) is 0. The van der Waals surface area contributed by atoms with Crippen molar-refractivity contribution in [2.75, 3.05) is 11.9 Å². The van der Waals surface area contributed by atoms with Gasteiger partial charge in [0.05, 0.1) is 17.9 Å². The molecule has 5 nitrogen and oxygen atoms in total. The first-order chi connectivity index (χ1) is 11.6. The minimum Gasteiger partial charge on any atom is -0.494 e. The number of carbonyl (C=O) groups excluding carboxylic acids is 2. The Morgan fingerprint density at radius 1 is 1.08 bits per heavy atom. The van der Waals surface area contributed by atoms with Gasteiger partial charge in [-0.25, -0.2) is 0 Å². The Bertz CT molecular complexity index is 696. The lowest BCUT2D eigenvalue weighted by Gasteiger charge is -2.09. The van der Waals surface area contributed by atoms with E-state index in [-0.39, 0.29) is 5.91 Å². The Balaban J connectivity index is 1.76. The minimum absolute atomic E-state index is 0.173. The number of ether oxygens (including phenoxy) is 1. The second-order valence-corrected chi connectivity index (χ2v) is 5.41. The van der Waals surface area contributed by atoms with Crippen molar-refractivity contribution in [3.05, 3.63) is 59.7 Å². The normalized spacial score (nSPS) is 10.2. The van der Waals surface area contributed by atoms with Gasteiger partial charge in [-0.05, 0) is 42.7 Å². The monoisotopic (exact) mass is 326 g/mol. The molecule has 2 amide bonds. The van der Waals surface area contributed by atoms with Crippen LogP contribution < -0.4 is 15.8 Å². The zero-order valence-corrected chi connectivity index (χ0v) is 13.7. The van der Waals surface area contributed by atoms with E-state index < -0.39 is 5.91 Å². The first kappa shape index (κ1) is 17.5. The summed E-state index contributed by atoms with van der Waals surface area (Å²) in [6.45, 7) is 2.56. The fourth-order valence-electron chi connectivity index (χ4n) is 2.26. The molecule has 24 heavy (non-hydrogen) atoms. The topological polar surface area (TPSA) is 81.4 Å². The van der Waals surface area contributed by atoms with Gasteiger partial charge in [-0.2, -0.15) is 0 Å². The molecule has 3 N–H and O–H groups in total. The van der Waals surface area contributed by atoms with Crippen LogP contribution in [-0.2, 0) is 11.2 Å². The SMILES string of the molecule is CCc1ccc(OCCCC(=O)Nc2ccccc2C(N)=O)cc1. The second-order valence-electron chi connectivity index (χ2n) is 5.41. The van der Waals surface area contributed by atoms with Gasteiger partial charge < -0.3 is 15.8 Å². The van der Waals surface area contributed by atoms with Crippen LogP contribution in [0.4, 0.5) is 5.69 Å². The number of rotatable bonds is 8. The summed E-state index contributed by atoms with van der Waals surface area (Å²) >= 11 is 0. The average Bonchev–Trinajstić information content (AvgIpc) is 2.59. The largest absolute Gasteiger partial charge is 0.494 e. The third-order valence-electron chi connectivity index (χ3n) is 3.62. The van der Waals surface area contributed by atoms with Crippen molar-refractivity contribution in [1.29, 1.82) is 0 Å². The number of hydrogen-bond acceptors (Lipinski definition) is 3. The summed E-state index contributed by atoms with van der Waals surface area (Å²) < 4.78 is 5.61. The van der Waals surface area contributed by atoms with E-state index >= 15 is 0 Å². The molecule has 0 bridgehead atoms. The maximum Gasteiger partial charge on any atom is 0.250 e. The van der Waals surface area contributed by atoms with Gasteiger partial charge in [-0.1, -0.05) is 31.2 Å². The highest BCUT2D eigenvalue weighted by Gasteiger charge is 2.10. The molecule has 0 unspecified atom stereocenters. The Hall–Kier alpha value is -2.82. The second kappa shape index (κ2) is 8.72. The summed E-state index contributed by atoms with van der Waals surface area (Å²) in [6, 6.07) is 14.6. The van der Waals surface area contributed by atoms with Crippen molar-refractivity contribution in [3.8, 4) is 5.75 Å². The lowest BCUT2D eigenvalue weighted by molar-refractivity contribution is -0.116. The number of anilines is 1. The van der Waals surface area contributed by atoms with Crippen LogP contribution in [0.25, 0.3) is 0 Å². The minimum atomic E-state index is -0.565. The van der Waals surface area contributed by atoms with Crippen molar-refractivity contribution in [3.63, 3.8) is 0 Å². The van der Waals surface area contributed by atoms with Crippen LogP contribution in [0.2, 0.25) is 0 Å². The number of hydrogen-bond donors (Lipinski definition) is 2. The number of nitrogens with two attached hydrogens (primary N) is 1. The quantitative estimate of drug-likeness (QED) is 0.731. The lowest BCUT2D eigenvalue weighted by Crippen LogP contribution is -2.18. The number of primary amides is 1.